The minimum Gasteiger partial charge on any atom is -0.321 e. The van der Waals surface area contributed by atoms with Crippen molar-refractivity contribution in [2.24, 2.45) is 0 Å². The van der Waals surface area contributed by atoms with Crippen LogP contribution >= 0.6 is 0 Å². The highest BCUT2D eigenvalue weighted by Gasteiger charge is 2.15. The predicted octanol–water partition coefficient (Wildman–Crippen LogP) is 4.62. The van der Waals surface area contributed by atoms with Crippen molar-refractivity contribution in [1.29, 1.82) is 0 Å². The van der Waals surface area contributed by atoms with Crippen LogP contribution < -0.4 is 5.32 Å². The van der Waals surface area contributed by atoms with E-state index >= 15 is 0 Å². The molecule has 0 fully saturated rings. The molecule has 1 N–H and O–H groups in total. The molecular weight excluding hydrogens is 336 g/mol. The number of rotatable bonds is 2. The molecule has 0 saturated heterocycles. The number of nitrogens with zero attached hydrogens (tertiary/aromatic N) is 2. The number of amides is 1. The summed E-state index contributed by atoms with van der Waals surface area (Å²) < 4.78 is 27.5. The van der Waals surface area contributed by atoms with Crippen LogP contribution in [0.3, 0.4) is 0 Å². The Bertz CT molecular complexity index is 1170. The average Bonchev–Trinajstić information content (AvgIpc) is 2.61. The van der Waals surface area contributed by atoms with E-state index in [0.29, 0.717) is 22.2 Å². The van der Waals surface area contributed by atoms with Gasteiger partial charge in [-0.05, 0) is 31.2 Å². The number of carbonyl (C=O) groups excluding carboxylic acids is 1. The second kappa shape index (κ2) is 6.15. The summed E-state index contributed by atoms with van der Waals surface area (Å²) in [6, 6.07) is 12.4. The lowest BCUT2D eigenvalue weighted by Gasteiger charge is -2.11. The fourth-order valence-corrected chi connectivity index (χ4v) is 2.97. The van der Waals surface area contributed by atoms with E-state index in [1.165, 1.54) is 12.3 Å². The van der Waals surface area contributed by atoms with Gasteiger partial charge in [0, 0.05) is 28.7 Å². The van der Waals surface area contributed by atoms with E-state index in [0.717, 1.165) is 12.1 Å². The molecule has 128 valence electrons. The fourth-order valence-electron chi connectivity index (χ4n) is 2.97. The van der Waals surface area contributed by atoms with Crippen molar-refractivity contribution < 1.29 is 13.6 Å². The zero-order valence-corrected chi connectivity index (χ0v) is 13.8. The molecule has 26 heavy (non-hydrogen) atoms. The summed E-state index contributed by atoms with van der Waals surface area (Å²) in [4.78, 5) is 21.2. The van der Waals surface area contributed by atoms with Crippen molar-refractivity contribution in [2.75, 3.05) is 5.32 Å². The van der Waals surface area contributed by atoms with Crippen LogP contribution in [0.2, 0.25) is 0 Å². The number of pyridine rings is 2. The van der Waals surface area contributed by atoms with Gasteiger partial charge in [-0.1, -0.05) is 18.2 Å². The van der Waals surface area contributed by atoms with Crippen LogP contribution in [0.25, 0.3) is 21.8 Å². The van der Waals surface area contributed by atoms with Crippen molar-refractivity contribution in [3.05, 3.63) is 77.6 Å². The summed E-state index contributed by atoms with van der Waals surface area (Å²) >= 11 is 0. The molecule has 2 aromatic heterocycles. The van der Waals surface area contributed by atoms with Crippen molar-refractivity contribution in [3.63, 3.8) is 0 Å². The monoisotopic (exact) mass is 349 g/mol. The SMILES string of the molecule is Cc1cc(C(=O)Nc2ccnc3c(F)cc(F)cc23)c2ccccc2n1. The maximum absolute atomic E-state index is 13.9. The fraction of sp³-hybridized carbons (Fsp3) is 0.0500. The van der Waals surface area contributed by atoms with Gasteiger partial charge in [0.2, 0.25) is 0 Å². The Hall–Kier alpha value is -3.41. The quantitative estimate of drug-likeness (QED) is 0.574. The molecule has 2 heterocycles. The molecule has 4 nitrogen and oxygen atoms in total. The van der Waals surface area contributed by atoms with Gasteiger partial charge >= 0.3 is 0 Å². The lowest BCUT2D eigenvalue weighted by atomic mass is 10.1. The standard InChI is InChI=1S/C20H13F2N3O/c1-11-8-14(13-4-2-3-5-17(13)24-11)20(26)25-18-6-7-23-19-15(18)9-12(21)10-16(19)22/h2-10H,1H3,(H,23,25,26). The molecule has 0 aliphatic heterocycles. The number of anilines is 1. The minimum atomic E-state index is -0.777. The molecular formula is C20H13F2N3O. The van der Waals surface area contributed by atoms with Gasteiger partial charge in [0.25, 0.3) is 5.91 Å². The molecule has 1 amide bonds. The summed E-state index contributed by atoms with van der Waals surface area (Å²) in [7, 11) is 0. The van der Waals surface area contributed by atoms with Gasteiger partial charge < -0.3 is 5.32 Å². The largest absolute Gasteiger partial charge is 0.321 e. The number of halogens is 2. The lowest BCUT2D eigenvalue weighted by molar-refractivity contribution is 0.102. The third-order valence-corrected chi connectivity index (χ3v) is 4.10. The first kappa shape index (κ1) is 16.1. The van der Waals surface area contributed by atoms with Crippen molar-refractivity contribution in [1.82, 2.24) is 9.97 Å². The maximum atomic E-state index is 13.9. The Morgan fingerprint density at radius 3 is 2.69 bits per heavy atom. The Labute approximate surface area is 147 Å². The van der Waals surface area contributed by atoms with Crippen LogP contribution in [0.15, 0.2) is 54.7 Å². The number of nitrogens with one attached hydrogen (secondary N) is 1. The Morgan fingerprint density at radius 2 is 1.85 bits per heavy atom. The van der Waals surface area contributed by atoms with Gasteiger partial charge in [-0.3, -0.25) is 14.8 Å². The number of aryl methyl sites for hydroxylation is 1. The van der Waals surface area contributed by atoms with E-state index in [-0.39, 0.29) is 22.5 Å². The van der Waals surface area contributed by atoms with E-state index in [1.807, 2.05) is 18.2 Å². The number of para-hydroxylation sites is 1. The lowest BCUT2D eigenvalue weighted by Crippen LogP contribution is -2.13. The maximum Gasteiger partial charge on any atom is 0.256 e. The molecule has 4 rings (SSSR count). The number of fused-ring (bicyclic) bond motifs is 2. The molecule has 0 aliphatic carbocycles. The number of aromatic nitrogens is 2. The molecule has 4 aromatic rings. The highest BCUT2D eigenvalue weighted by atomic mass is 19.1. The van der Waals surface area contributed by atoms with Crippen LogP contribution in [-0.2, 0) is 0 Å². The van der Waals surface area contributed by atoms with Crippen LogP contribution in [0.1, 0.15) is 16.1 Å². The predicted molar refractivity (Wildman–Crippen MR) is 96.1 cm³/mol. The van der Waals surface area contributed by atoms with Crippen LogP contribution in [-0.4, -0.2) is 15.9 Å². The Kier molecular flexibility index (Phi) is 3.80. The average molecular weight is 349 g/mol. The van der Waals surface area contributed by atoms with E-state index in [9.17, 15) is 13.6 Å². The van der Waals surface area contributed by atoms with Crippen LogP contribution in [0.4, 0.5) is 14.5 Å². The van der Waals surface area contributed by atoms with Crippen LogP contribution in [0, 0.1) is 18.6 Å². The number of benzene rings is 2. The summed E-state index contributed by atoms with van der Waals surface area (Å²) in [5.41, 5.74) is 2.13. The topological polar surface area (TPSA) is 54.9 Å². The smallest absolute Gasteiger partial charge is 0.256 e. The first-order valence-corrected chi connectivity index (χ1v) is 7.94. The highest BCUT2D eigenvalue weighted by Crippen LogP contribution is 2.26. The molecule has 0 spiro atoms. The third kappa shape index (κ3) is 2.75. The molecule has 0 unspecified atom stereocenters. The molecule has 2 aromatic carbocycles. The van der Waals surface area contributed by atoms with Crippen LogP contribution in [0.5, 0.6) is 0 Å². The van der Waals surface area contributed by atoms with Crippen molar-refractivity contribution in [3.8, 4) is 0 Å². The number of hydrogen-bond donors (Lipinski definition) is 1. The molecule has 0 atom stereocenters. The Balaban J connectivity index is 1.82. The minimum absolute atomic E-state index is 0.0000306. The molecule has 6 heteroatoms. The van der Waals surface area contributed by atoms with Gasteiger partial charge in [-0.25, -0.2) is 8.78 Å². The van der Waals surface area contributed by atoms with Gasteiger partial charge in [-0.15, -0.1) is 0 Å². The highest BCUT2D eigenvalue weighted by molar-refractivity contribution is 6.14. The summed E-state index contributed by atoms with van der Waals surface area (Å²) in [5, 5.41) is 3.64. The summed E-state index contributed by atoms with van der Waals surface area (Å²) in [6.45, 7) is 1.80. The molecule has 0 bridgehead atoms. The van der Waals surface area contributed by atoms with Gasteiger partial charge in [-0.2, -0.15) is 0 Å². The zero-order chi connectivity index (χ0) is 18.3. The third-order valence-electron chi connectivity index (χ3n) is 4.10. The first-order valence-electron chi connectivity index (χ1n) is 7.94. The van der Waals surface area contributed by atoms with Crippen molar-refractivity contribution in [2.45, 2.75) is 6.92 Å². The first-order chi connectivity index (χ1) is 12.5. The van der Waals surface area contributed by atoms with Gasteiger partial charge in [0.1, 0.15) is 11.3 Å². The van der Waals surface area contributed by atoms with E-state index < -0.39 is 11.6 Å². The van der Waals surface area contributed by atoms with Crippen molar-refractivity contribution >= 4 is 33.4 Å². The molecule has 0 saturated carbocycles. The summed E-state index contributed by atoms with van der Waals surface area (Å²) in [6.07, 6.45) is 1.37. The van der Waals surface area contributed by atoms with Gasteiger partial charge in [0.05, 0.1) is 16.8 Å². The molecule has 0 radical (unpaired) electrons. The van der Waals surface area contributed by atoms with E-state index in [1.54, 1.807) is 19.1 Å². The normalized spacial score (nSPS) is 11.0. The second-order valence-electron chi connectivity index (χ2n) is 5.92. The second-order valence-corrected chi connectivity index (χ2v) is 5.92. The molecule has 0 aliphatic rings. The Morgan fingerprint density at radius 1 is 1.04 bits per heavy atom. The summed E-state index contributed by atoms with van der Waals surface area (Å²) in [5.74, 6) is -1.89. The van der Waals surface area contributed by atoms with Gasteiger partial charge in [0.15, 0.2) is 5.82 Å². The number of hydrogen-bond acceptors (Lipinski definition) is 3. The van der Waals surface area contributed by atoms with E-state index in [2.05, 4.69) is 15.3 Å². The van der Waals surface area contributed by atoms with E-state index in [4.69, 9.17) is 0 Å². The number of carbonyl (C=O) groups is 1. The zero-order valence-electron chi connectivity index (χ0n) is 13.8.